The van der Waals surface area contributed by atoms with Crippen molar-refractivity contribution in [1.82, 2.24) is 0 Å². The number of unbranched alkanes of at least 4 members (excludes halogenated alkanes) is 2. The summed E-state index contributed by atoms with van der Waals surface area (Å²) in [7, 11) is 0. The molecule has 0 saturated carbocycles. The van der Waals surface area contributed by atoms with Crippen molar-refractivity contribution in [2.24, 2.45) is 11.8 Å². The van der Waals surface area contributed by atoms with E-state index in [4.69, 9.17) is 5.11 Å². The summed E-state index contributed by atoms with van der Waals surface area (Å²) >= 11 is 0. The molecule has 92 valence electrons. The summed E-state index contributed by atoms with van der Waals surface area (Å²) in [4.78, 5) is 0. The van der Waals surface area contributed by atoms with E-state index >= 15 is 0 Å². The number of aliphatic hydroxyl groups excluding tert-OH is 1. The SMILES string of the molecule is CCCCC(CC)CCCCC(C)CO. The Morgan fingerprint density at radius 2 is 1.53 bits per heavy atom. The van der Waals surface area contributed by atoms with Crippen LogP contribution in [-0.4, -0.2) is 11.7 Å². The first-order valence-corrected chi connectivity index (χ1v) is 6.85. The molecule has 0 aliphatic carbocycles. The minimum Gasteiger partial charge on any atom is -0.396 e. The summed E-state index contributed by atoms with van der Waals surface area (Å²) in [5.74, 6) is 1.45. The van der Waals surface area contributed by atoms with Crippen LogP contribution >= 0.6 is 0 Å². The van der Waals surface area contributed by atoms with Gasteiger partial charge in [-0.2, -0.15) is 0 Å². The molecule has 0 rings (SSSR count). The molecule has 1 heteroatoms. The van der Waals surface area contributed by atoms with E-state index < -0.39 is 0 Å². The Morgan fingerprint density at radius 3 is 2.07 bits per heavy atom. The lowest BCUT2D eigenvalue weighted by molar-refractivity contribution is 0.226. The second-order valence-corrected chi connectivity index (χ2v) is 4.99. The van der Waals surface area contributed by atoms with Crippen LogP contribution in [0.4, 0.5) is 0 Å². The van der Waals surface area contributed by atoms with Crippen LogP contribution < -0.4 is 0 Å². The highest BCUT2D eigenvalue weighted by Crippen LogP contribution is 2.20. The molecule has 0 aromatic rings. The van der Waals surface area contributed by atoms with Gasteiger partial charge in [0, 0.05) is 6.61 Å². The molecule has 0 fully saturated rings. The van der Waals surface area contributed by atoms with Gasteiger partial charge >= 0.3 is 0 Å². The first-order valence-electron chi connectivity index (χ1n) is 6.85. The second-order valence-electron chi connectivity index (χ2n) is 4.99. The summed E-state index contributed by atoms with van der Waals surface area (Å²) in [5, 5.41) is 8.91. The largest absolute Gasteiger partial charge is 0.396 e. The second kappa shape index (κ2) is 10.5. The van der Waals surface area contributed by atoms with Gasteiger partial charge in [0.1, 0.15) is 0 Å². The van der Waals surface area contributed by atoms with Crippen LogP contribution in [0.15, 0.2) is 0 Å². The number of aliphatic hydroxyl groups is 1. The first-order chi connectivity index (χ1) is 7.24. The summed E-state index contributed by atoms with van der Waals surface area (Å²) in [6.45, 7) is 7.08. The summed E-state index contributed by atoms with van der Waals surface area (Å²) in [5.41, 5.74) is 0. The zero-order valence-electron chi connectivity index (χ0n) is 11.0. The molecular formula is C14H30O. The van der Waals surface area contributed by atoms with E-state index in [9.17, 15) is 0 Å². The van der Waals surface area contributed by atoms with E-state index in [0.29, 0.717) is 12.5 Å². The molecule has 1 nitrogen and oxygen atoms in total. The van der Waals surface area contributed by atoms with Gasteiger partial charge in [0.05, 0.1) is 0 Å². The van der Waals surface area contributed by atoms with Gasteiger partial charge in [-0.05, 0) is 18.3 Å². The molecule has 0 radical (unpaired) electrons. The van der Waals surface area contributed by atoms with Gasteiger partial charge in [-0.1, -0.05) is 65.7 Å². The van der Waals surface area contributed by atoms with Crippen LogP contribution in [0, 0.1) is 11.8 Å². The van der Waals surface area contributed by atoms with Crippen molar-refractivity contribution in [3.63, 3.8) is 0 Å². The molecule has 0 amide bonds. The van der Waals surface area contributed by atoms with E-state index in [1.807, 2.05) is 0 Å². The Morgan fingerprint density at radius 1 is 0.933 bits per heavy atom. The zero-order valence-corrected chi connectivity index (χ0v) is 11.0. The molecule has 2 unspecified atom stereocenters. The van der Waals surface area contributed by atoms with Crippen LogP contribution in [0.25, 0.3) is 0 Å². The lowest BCUT2D eigenvalue weighted by atomic mass is 9.92. The lowest BCUT2D eigenvalue weighted by Gasteiger charge is -2.14. The highest BCUT2D eigenvalue weighted by molar-refractivity contribution is 4.59. The van der Waals surface area contributed by atoms with Crippen molar-refractivity contribution < 1.29 is 5.11 Å². The van der Waals surface area contributed by atoms with Gasteiger partial charge in [0.15, 0.2) is 0 Å². The maximum Gasteiger partial charge on any atom is 0.0456 e. The quantitative estimate of drug-likeness (QED) is 0.535. The Kier molecular flexibility index (Phi) is 10.4. The normalized spacial score (nSPS) is 15.2. The van der Waals surface area contributed by atoms with Gasteiger partial charge in [0.25, 0.3) is 0 Å². The topological polar surface area (TPSA) is 20.2 Å². The maximum atomic E-state index is 8.91. The smallest absolute Gasteiger partial charge is 0.0456 e. The fraction of sp³-hybridized carbons (Fsp3) is 1.00. The number of hydrogen-bond acceptors (Lipinski definition) is 1. The molecule has 0 heterocycles. The molecule has 0 saturated heterocycles. The molecular weight excluding hydrogens is 184 g/mol. The lowest BCUT2D eigenvalue weighted by Crippen LogP contribution is -2.02. The molecule has 0 spiro atoms. The molecule has 0 aromatic heterocycles. The van der Waals surface area contributed by atoms with E-state index in [0.717, 1.165) is 5.92 Å². The fourth-order valence-corrected chi connectivity index (χ4v) is 2.06. The third kappa shape index (κ3) is 8.92. The molecule has 0 aliphatic heterocycles. The van der Waals surface area contributed by atoms with Crippen molar-refractivity contribution in [3.8, 4) is 0 Å². The van der Waals surface area contributed by atoms with Crippen molar-refractivity contribution in [1.29, 1.82) is 0 Å². The van der Waals surface area contributed by atoms with Crippen molar-refractivity contribution >= 4 is 0 Å². The molecule has 2 atom stereocenters. The summed E-state index contributed by atoms with van der Waals surface area (Å²) < 4.78 is 0. The minimum atomic E-state index is 0.354. The summed E-state index contributed by atoms with van der Waals surface area (Å²) in [6.07, 6.45) is 10.7. The average molecular weight is 214 g/mol. The number of hydrogen-bond donors (Lipinski definition) is 1. The predicted molar refractivity (Wildman–Crippen MR) is 68.0 cm³/mol. The Labute approximate surface area is 96.3 Å². The minimum absolute atomic E-state index is 0.354. The highest BCUT2D eigenvalue weighted by Gasteiger charge is 2.06. The van der Waals surface area contributed by atoms with Crippen molar-refractivity contribution in [2.75, 3.05) is 6.61 Å². The third-order valence-electron chi connectivity index (χ3n) is 3.41. The Hall–Kier alpha value is -0.0400. The third-order valence-corrected chi connectivity index (χ3v) is 3.41. The van der Waals surface area contributed by atoms with Gasteiger partial charge in [-0.3, -0.25) is 0 Å². The summed E-state index contributed by atoms with van der Waals surface area (Å²) in [6, 6.07) is 0. The van der Waals surface area contributed by atoms with Crippen molar-refractivity contribution in [2.45, 2.75) is 72.1 Å². The maximum absolute atomic E-state index is 8.91. The van der Waals surface area contributed by atoms with Crippen LogP contribution in [0.5, 0.6) is 0 Å². The highest BCUT2D eigenvalue weighted by atomic mass is 16.3. The Bertz CT molecular complexity index is 123. The van der Waals surface area contributed by atoms with E-state index in [-0.39, 0.29) is 0 Å². The fourth-order valence-electron chi connectivity index (χ4n) is 2.06. The molecule has 1 N–H and O–H groups in total. The van der Waals surface area contributed by atoms with Gasteiger partial charge in [-0.15, -0.1) is 0 Å². The molecule has 0 aliphatic rings. The predicted octanol–water partition coefficient (Wildman–Crippen LogP) is 4.39. The van der Waals surface area contributed by atoms with Gasteiger partial charge in [0.2, 0.25) is 0 Å². The van der Waals surface area contributed by atoms with Crippen LogP contribution in [0.3, 0.4) is 0 Å². The van der Waals surface area contributed by atoms with Crippen LogP contribution in [-0.2, 0) is 0 Å². The van der Waals surface area contributed by atoms with Crippen LogP contribution in [0.2, 0.25) is 0 Å². The van der Waals surface area contributed by atoms with E-state index in [2.05, 4.69) is 20.8 Å². The van der Waals surface area contributed by atoms with Crippen molar-refractivity contribution in [3.05, 3.63) is 0 Å². The Balaban J connectivity index is 3.37. The number of rotatable bonds is 10. The average Bonchev–Trinajstić information content (AvgIpc) is 2.27. The van der Waals surface area contributed by atoms with E-state index in [1.54, 1.807) is 0 Å². The van der Waals surface area contributed by atoms with E-state index in [1.165, 1.54) is 51.4 Å². The molecule has 0 aromatic carbocycles. The van der Waals surface area contributed by atoms with Crippen LogP contribution in [0.1, 0.15) is 72.1 Å². The van der Waals surface area contributed by atoms with Gasteiger partial charge in [-0.25, -0.2) is 0 Å². The molecule has 15 heavy (non-hydrogen) atoms. The standard InChI is InChI=1S/C14H30O/c1-4-6-10-14(5-2)11-8-7-9-13(3)12-15/h13-15H,4-12H2,1-3H3. The monoisotopic (exact) mass is 214 g/mol. The molecule has 0 bridgehead atoms. The first kappa shape index (κ1) is 15.0. The zero-order chi connectivity index (χ0) is 11.5. The van der Waals surface area contributed by atoms with Gasteiger partial charge < -0.3 is 5.11 Å².